The van der Waals surface area contributed by atoms with Crippen molar-refractivity contribution < 1.29 is 9.53 Å². The van der Waals surface area contributed by atoms with E-state index in [4.69, 9.17) is 4.74 Å². The first-order valence-corrected chi connectivity index (χ1v) is 7.75. The molecule has 0 spiro atoms. The molecule has 7 nitrogen and oxygen atoms in total. The Bertz CT molecular complexity index is 638. The van der Waals surface area contributed by atoms with Crippen LogP contribution < -0.4 is 0 Å². The van der Waals surface area contributed by atoms with Crippen molar-refractivity contribution in [1.29, 1.82) is 0 Å². The number of aromatic nitrogens is 4. The molecule has 21 heavy (non-hydrogen) atoms. The fraction of sp³-hybridized carbons (Fsp3) is 0.538. The van der Waals surface area contributed by atoms with E-state index in [0.29, 0.717) is 31.1 Å². The molecule has 0 aliphatic carbocycles. The number of ether oxygens (including phenoxy) is 1. The third kappa shape index (κ3) is 2.81. The lowest BCUT2D eigenvalue weighted by Gasteiger charge is -2.31. The minimum Gasteiger partial charge on any atom is -0.366 e. The minimum absolute atomic E-state index is 0.000741. The van der Waals surface area contributed by atoms with Gasteiger partial charge in [-0.1, -0.05) is 6.92 Å². The molecule has 112 valence electrons. The summed E-state index contributed by atoms with van der Waals surface area (Å²) in [5.74, 6) is 1.44. The lowest BCUT2D eigenvalue weighted by Crippen LogP contribution is -2.42. The van der Waals surface area contributed by atoms with Gasteiger partial charge in [-0.2, -0.15) is 9.47 Å². The van der Waals surface area contributed by atoms with E-state index in [9.17, 15) is 4.79 Å². The molecule has 1 fully saturated rings. The SMILES string of the molecule is CCc1nc([C@@H]2CN(C(=O)c3csnc3C)CCO2)n[nH]1. The summed E-state index contributed by atoms with van der Waals surface area (Å²) >= 11 is 1.30. The van der Waals surface area contributed by atoms with Crippen LogP contribution >= 0.6 is 11.5 Å². The molecule has 1 saturated heterocycles. The summed E-state index contributed by atoms with van der Waals surface area (Å²) in [6.07, 6.45) is 0.522. The van der Waals surface area contributed by atoms with Crippen molar-refractivity contribution in [2.24, 2.45) is 0 Å². The largest absolute Gasteiger partial charge is 0.366 e. The first kappa shape index (κ1) is 14.2. The molecule has 1 aliphatic heterocycles. The standard InChI is InChI=1S/C13H17N5O2S/c1-3-11-14-12(16-15-11)10-6-18(4-5-20-10)13(19)9-7-21-17-8(9)2/h7,10H,3-6H2,1-2H3,(H,14,15,16)/t10-/m0/s1. The number of rotatable bonds is 3. The fourth-order valence-electron chi connectivity index (χ4n) is 2.27. The normalized spacial score (nSPS) is 19.0. The molecule has 3 rings (SSSR count). The molecule has 0 radical (unpaired) electrons. The zero-order valence-electron chi connectivity index (χ0n) is 12.0. The molecule has 0 unspecified atom stereocenters. The zero-order chi connectivity index (χ0) is 14.8. The Labute approximate surface area is 126 Å². The molecular formula is C13H17N5O2S. The molecule has 1 amide bonds. The van der Waals surface area contributed by atoms with Crippen LogP contribution in [0.5, 0.6) is 0 Å². The lowest BCUT2D eigenvalue weighted by atomic mass is 10.2. The second kappa shape index (κ2) is 5.90. The van der Waals surface area contributed by atoms with Gasteiger partial charge in [0.1, 0.15) is 11.9 Å². The third-order valence-electron chi connectivity index (χ3n) is 3.51. The number of aromatic amines is 1. The van der Waals surface area contributed by atoms with Crippen molar-refractivity contribution in [3.63, 3.8) is 0 Å². The van der Waals surface area contributed by atoms with Crippen LogP contribution in [0.2, 0.25) is 0 Å². The third-order valence-corrected chi connectivity index (χ3v) is 4.23. The predicted octanol–water partition coefficient (Wildman–Crippen LogP) is 1.35. The van der Waals surface area contributed by atoms with E-state index < -0.39 is 0 Å². The van der Waals surface area contributed by atoms with Gasteiger partial charge >= 0.3 is 0 Å². The highest BCUT2D eigenvalue weighted by molar-refractivity contribution is 7.03. The Morgan fingerprint density at radius 2 is 2.48 bits per heavy atom. The monoisotopic (exact) mass is 307 g/mol. The maximum atomic E-state index is 12.5. The van der Waals surface area contributed by atoms with Crippen molar-refractivity contribution >= 4 is 17.4 Å². The number of amides is 1. The first-order valence-electron chi connectivity index (χ1n) is 6.92. The Morgan fingerprint density at radius 1 is 1.62 bits per heavy atom. The second-order valence-corrected chi connectivity index (χ2v) is 5.55. The average Bonchev–Trinajstić information content (AvgIpc) is 3.15. The van der Waals surface area contributed by atoms with Gasteiger partial charge in [0.2, 0.25) is 0 Å². The van der Waals surface area contributed by atoms with Gasteiger partial charge in [-0.3, -0.25) is 9.89 Å². The number of carbonyl (C=O) groups is 1. The molecular weight excluding hydrogens is 290 g/mol. The Morgan fingerprint density at radius 3 is 3.14 bits per heavy atom. The van der Waals surface area contributed by atoms with Crippen LogP contribution in [0.4, 0.5) is 0 Å². The van der Waals surface area contributed by atoms with E-state index in [1.165, 1.54) is 11.5 Å². The number of hydrogen-bond acceptors (Lipinski definition) is 6. The lowest BCUT2D eigenvalue weighted by molar-refractivity contribution is -0.0267. The van der Waals surface area contributed by atoms with Gasteiger partial charge in [-0.25, -0.2) is 4.98 Å². The van der Waals surface area contributed by atoms with Gasteiger partial charge in [0, 0.05) is 18.3 Å². The van der Waals surface area contributed by atoms with Gasteiger partial charge in [0.25, 0.3) is 5.91 Å². The number of nitrogens with zero attached hydrogens (tertiary/aromatic N) is 4. The van der Waals surface area contributed by atoms with E-state index in [-0.39, 0.29) is 12.0 Å². The first-order chi connectivity index (χ1) is 10.2. The van der Waals surface area contributed by atoms with E-state index >= 15 is 0 Å². The van der Waals surface area contributed by atoms with Gasteiger partial charge in [0.05, 0.1) is 24.4 Å². The highest BCUT2D eigenvalue weighted by Crippen LogP contribution is 2.22. The van der Waals surface area contributed by atoms with Crippen molar-refractivity contribution in [3.05, 3.63) is 28.3 Å². The van der Waals surface area contributed by atoms with E-state index in [0.717, 1.165) is 17.9 Å². The van der Waals surface area contributed by atoms with Crippen molar-refractivity contribution in [2.45, 2.75) is 26.4 Å². The van der Waals surface area contributed by atoms with Crippen LogP contribution in [0.1, 0.15) is 40.7 Å². The Balaban J connectivity index is 1.74. The predicted molar refractivity (Wildman–Crippen MR) is 77.2 cm³/mol. The summed E-state index contributed by atoms with van der Waals surface area (Å²) in [6, 6.07) is 0. The van der Waals surface area contributed by atoms with Crippen LogP contribution in [0.15, 0.2) is 5.38 Å². The van der Waals surface area contributed by atoms with Crippen molar-refractivity contribution in [3.8, 4) is 0 Å². The van der Waals surface area contributed by atoms with Crippen molar-refractivity contribution in [2.75, 3.05) is 19.7 Å². The molecule has 0 saturated carbocycles. The van der Waals surface area contributed by atoms with Gasteiger partial charge < -0.3 is 9.64 Å². The van der Waals surface area contributed by atoms with Gasteiger partial charge in [0.15, 0.2) is 5.82 Å². The van der Waals surface area contributed by atoms with Crippen LogP contribution in [0.3, 0.4) is 0 Å². The summed E-state index contributed by atoms with van der Waals surface area (Å²) < 4.78 is 9.86. The van der Waals surface area contributed by atoms with E-state index in [2.05, 4.69) is 19.6 Å². The zero-order valence-corrected chi connectivity index (χ0v) is 12.8. The molecule has 2 aromatic rings. The second-order valence-electron chi connectivity index (χ2n) is 4.92. The minimum atomic E-state index is -0.272. The molecule has 1 N–H and O–H groups in total. The summed E-state index contributed by atoms with van der Waals surface area (Å²) in [4.78, 5) is 18.7. The van der Waals surface area contributed by atoms with Gasteiger partial charge in [-0.15, -0.1) is 0 Å². The van der Waals surface area contributed by atoms with Crippen molar-refractivity contribution in [1.82, 2.24) is 24.5 Å². The van der Waals surface area contributed by atoms with Crippen LogP contribution in [0.25, 0.3) is 0 Å². The molecule has 1 atom stereocenters. The molecule has 3 heterocycles. The van der Waals surface area contributed by atoms with E-state index in [1.807, 2.05) is 13.8 Å². The van der Waals surface area contributed by atoms with Gasteiger partial charge in [-0.05, 0) is 18.5 Å². The molecule has 1 aliphatic rings. The molecule has 2 aromatic heterocycles. The average molecular weight is 307 g/mol. The quantitative estimate of drug-likeness (QED) is 0.925. The molecule has 8 heteroatoms. The number of morpholine rings is 1. The fourth-order valence-corrected chi connectivity index (χ4v) is 2.96. The highest BCUT2D eigenvalue weighted by atomic mass is 32.1. The smallest absolute Gasteiger partial charge is 0.256 e. The highest BCUT2D eigenvalue weighted by Gasteiger charge is 2.29. The number of H-pyrrole nitrogens is 1. The summed E-state index contributed by atoms with van der Waals surface area (Å²) in [7, 11) is 0. The van der Waals surface area contributed by atoms with Crippen LogP contribution in [0, 0.1) is 6.92 Å². The van der Waals surface area contributed by atoms with Crippen LogP contribution in [-0.2, 0) is 11.2 Å². The molecule has 0 aromatic carbocycles. The summed E-state index contributed by atoms with van der Waals surface area (Å²) in [5, 5.41) is 8.85. The number of hydrogen-bond donors (Lipinski definition) is 1. The maximum Gasteiger partial charge on any atom is 0.256 e. The number of nitrogens with one attached hydrogen (secondary N) is 1. The molecule has 0 bridgehead atoms. The Hall–Kier alpha value is -1.80. The maximum absolute atomic E-state index is 12.5. The van der Waals surface area contributed by atoms with E-state index in [1.54, 1.807) is 10.3 Å². The Kier molecular flexibility index (Phi) is 3.98. The number of carbonyl (C=O) groups excluding carboxylic acids is 1. The summed E-state index contributed by atoms with van der Waals surface area (Å²) in [6.45, 7) is 5.40. The summed E-state index contributed by atoms with van der Waals surface area (Å²) in [5.41, 5.74) is 1.45. The topological polar surface area (TPSA) is 84.0 Å². The number of aryl methyl sites for hydroxylation is 2. The van der Waals surface area contributed by atoms with Crippen LogP contribution in [-0.4, -0.2) is 50.1 Å².